The van der Waals surface area contributed by atoms with Crippen molar-refractivity contribution in [2.24, 2.45) is 0 Å². The van der Waals surface area contributed by atoms with Gasteiger partial charge < -0.3 is 9.84 Å². The number of phenols is 1. The monoisotopic (exact) mass is 216 g/mol. The van der Waals surface area contributed by atoms with E-state index < -0.39 is 0 Å². The van der Waals surface area contributed by atoms with E-state index in [0.29, 0.717) is 11.7 Å². The van der Waals surface area contributed by atoms with Gasteiger partial charge in [0, 0.05) is 17.9 Å². The van der Waals surface area contributed by atoms with Crippen molar-refractivity contribution >= 4 is 0 Å². The first kappa shape index (κ1) is 9.76. The smallest absolute Gasteiger partial charge is 0.127 e. The minimum atomic E-state index is 0.258. The molecule has 0 aromatic heterocycles. The van der Waals surface area contributed by atoms with E-state index in [0.717, 1.165) is 28.9 Å². The first-order chi connectivity index (χ1) is 7.61. The second-order valence-corrected chi connectivity index (χ2v) is 4.81. The molecule has 0 unspecified atom stereocenters. The highest BCUT2D eigenvalue weighted by atomic mass is 16.5. The normalized spacial score (nSPS) is 25.4. The van der Waals surface area contributed by atoms with Gasteiger partial charge in [-0.15, -0.1) is 0 Å². The molecular formula is C14H16O2. The fraction of sp³-hybridized carbons (Fsp3) is 0.429. The fourth-order valence-electron chi connectivity index (χ4n) is 2.87. The molecule has 1 aliphatic heterocycles. The molecule has 3 rings (SSSR count). The van der Waals surface area contributed by atoms with Crippen LogP contribution in [0.4, 0.5) is 0 Å². The molecule has 2 atom stereocenters. The zero-order valence-corrected chi connectivity index (χ0v) is 9.87. The largest absolute Gasteiger partial charge is 0.507 e. The molecule has 0 radical (unpaired) electrons. The summed E-state index contributed by atoms with van der Waals surface area (Å²) in [7, 11) is 0. The Labute approximate surface area is 95.6 Å². The van der Waals surface area contributed by atoms with E-state index in [1.54, 1.807) is 0 Å². The number of aromatic hydroxyl groups is 1. The Morgan fingerprint density at radius 3 is 2.69 bits per heavy atom. The second-order valence-electron chi connectivity index (χ2n) is 4.81. The van der Waals surface area contributed by atoms with Gasteiger partial charge in [0.1, 0.15) is 17.6 Å². The fourth-order valence-corrected chi connectivity index (χ4v) is 2.87. The van der Waals surface area contributed by atoms with Crippen LogP contribution < -0.4 is 4.74 Å². The molecule has 1 aromatic carbocycles. The molecule has 0 amide bonds. The van der Waals surface area contributed by atoms with Crippen molar-refractivity contribution in [3.8, 4) is 11.5 Å². The predicted octanol–water partition coefficient (Wildman–Crippen LogP) is 3.12. The second kappa shape index (κ2) is 3.03. The number of hydrogen-bond donors (Lipinski definition) is 1. The Kier molecular flexibility index (Phi) is 1.85. The molecule has 84 valence electrons. The zero-order chi connectivity index (χ0) is 11.4. The lowest BCUT2D eigenvalue weighted by molar-refractivity contribution is 0.230. The molecule has 1 heterocycles. The van der Waals surface area contributed by atoms with Gasteiger partial charge in [0.25, 0.3) is 0 Å². The van der Waals surface area contributed by atoms with Crippen molar-refractivity contribution in [1.29, 1.82) is 0 Å². The lowest BCUT2D eigenvalue weighted by Gasteiger charge is -2.14. The lowest BCUT2D eigenvalue weighted by atomic mass is 9.90. The number of hydrogen-bond acceptors (Lipinski definition) is 2. The summed E-state index contributed by atoms with van der Waals surface area (Å²) < 4.78 is 6.00. The van der Waals surface area contributed by atoms with Crippen molar-refractivity contribution in [2.45, 2.75) is 39.2 Å². The molecule has 16 heavy (non-hydrogen) atoms. The van der Waals surface area contributed by atoms with E-state index in [1.165, 1.54) is 5.56 Å². The summed E-state index contributed by atoms with van der Waals surface area (Å²) >= 11 is 0. The standard InChI is InChI=1S/C14H16O2/c1-7-8(2)14-12(9(3)13(7)15)10-5-4-6-11(10)16-14/h4-5,10-11,15H,6H2,1-3H3/t10-,11+/m1/s1. The molecule has 2 aliphatic rings. The quantitative estimate of drug-likeness (QED) is 0.675. The summed E-state index contributed by atoms with van der Waals surface area (Å²) in [5.41, 5.74) is 4.21. The summed E-state index contributed by atoms with van der Waals surface area (Å²) in [5, 5.41) is 10.1. The highest BCUT2D eigenvalue weighted by Gasteiger charge is 2.38. The number of benzene rings is 1. The summed E-state index contributed by atoms with van der Waals surface area (Å²) in [6.45, 7) is 5.96. The van der Waals surface area contributed by atoms with Crippen LogP contribution in [0, 0.1) is 20.8 Å². The van der Waals surface area contributed by atoms with E-state index >= 15 is 0 Å². The topological polar surface area (TPSA) is 29.5 Å². The van der Waals surface area contributed by atoms with Crippen molar-refractivity contribution in [3.63, 3.8) is 0 Å². The van der Waals surface area contributed by atoms with Crippen molar-refractivity contribution in [1.82, 2.24) is 0 Å². The maximum absolute atomic E-state index is 10.1. The third kappa shape index (κ3) is 1.02. The highest BCUT2D eigenvalue weighted by Crippen LogP contribution is 2.50. The lowest BCUT2D eigenvalue weighted by Crippen LogP contribution is -2.12. The molecular weight excluding hydrogens is 200 g/mol. The van der Waals surface area contributed by atoms with Crippen LogP contribution in [0.15, 0.2) is 12.2 Å². The number of phenolic OH excluding ortho intramolecular Hbond substituents is 1. The number of rotatable bonds is 0. The van der Waals surface area contributed by atoms with E-state index in [9.17, 15) is 5.11 Å². The molecule has 0 spiro atoms. The third-order valence-corrected chi connectivity index (χ3v) is 3.98. The van der Waals surface area contributed by atoms with Crippen LogP contribution in [-0.4, -0.2) is 11.2 Å². The SMILES string of the molecule is Cc1c(C)c2c(c(C)c1O)[C@@H]1C=CC[C@@H]1O2. The van der Waals surface area contributed by atoms with Crippen molar-refractivity contribution in [3.05, 3.63) is 34.4 Å². The molecule has 1 aliphatic carbocycles. The van der Waals surface area contributed by atoms with Crippen molar-refractivity contribution < 1.29 is 9.84 Å². The summed E-state index contributed by atoms with van der Waals surface area (Å²) in [6, 6.07) is 0. The third-order valence-electron chi connectivity index (χ3n) is 3.98. The summed E-state index contributed by atoms with van der Waals surface area (Å²) in [6.07, 6.45) is 5.62. The Bertz CT molecular complexity index is 500. The van der Waals surface area contributed by atoms with Gasteiger partial charge in [0.05, 0.1) is 0 Å². The Balaban J connectivity index is 2.29. The predicted molar refractivity (Wildman–Crippen MR) is 63.2 cm³/mol. The van der Waals surface area contributed by atoms with Gasteiger partial charge in [-0.2, -0.15) is 0 Å². The Hall–Kier alpha value is -1.44. The first-order valence-electron chi connectivity index (χ1n) is 5.77. The van der Waals surface area contributed by atoms with Crippen LogP contribution in [0.25, 0.3) is 0 Å². The molecule has 0 bridgehead atoms. The van der Waals surface area contributed by atoms with Crippen LogP contribution in [-0.2, 0) is 0 Å². The molecule has 0 fully saturated rings. The van der Waals surface area contributed by atoms with Crippen LogP contribution in [0.2, 0.25) is 0 Å². The zero-order valence-electron chi connectivity index (χ0n) is 9.87. The van der Waals surface area contributed by atoms with Gasteiger partial charge in [-0.3, -0.25) is 0 Å². The summed E-state index contributed by atoms with van der Waals surface area (Å²) in [5.74, 6) is 1.79. The minimum absolute atomic E-state index is 0.258. The maximum atomic E-state index is 10.1. The van der Waals surface area contributed by atoms with Crippen molar-refractivity contribution in [2.75, 3.05) is 0 Å². The van der Waals surface area contributed by atoms with Crippen LogP contribution >= 0.6 is 0 Å². The van der Waals surface area contributed by atoms with Gasteiger partial charge in [-0.25, -0.2) is 0 Å². The maximum Gasteiger partial charge on any atom is 0.127 e. The van der Waals surface area contributed by atoms with Crippen LogP contribution in [0.5, 0.6) is 11.5 Å². The molecule has 1 N–H and O–H groups in total. The van der Waals surface area contributed by atoms with Gasteiger partial charge in [-0.05, 0) is 37.5 Å². The average Bonchev–Trinajstić information content (AvgIpc) is 2.82. The Morgan fingerprint density at radius 1 is 1.19 bits per heavy atom. The van der Waals surface area contributed by atoms with Gasteiger partial charge in [0.15, 0.2) is 0 Å². The first-order valence-corrected chi connectivity index (χ1v) is 5.77. The van der Waals surface area contributed by atoms with Gasteiger partial charge in [0.2, 0.25) is 0 Å². The summed E-state index contributed by atoms with van der Waals surface area (Å²) in [4.78, 5) is 0. The minimum Gasteiger partial charge on any atom is -0.507 e. The average molecular weight is 216 g/mol. The molecule has 2 heteroatoms. The van der Waals surface area contributed by atoms with Crippen LogP contribution in [0.1, 0.15) is 34.6 Å². The number of ether oxygens (including phenoxy) is 1. The molecule has 1 aromatic rings. The highest BCUT2D eigenvalue weighted by molar-refractivity contribution is 5.62. The molecule has 0 saturated heterocycles. The number of fused-ring (bicyclic) bond motifs is 3. The molecule has 2 nitrogen and oxygen atoms in total. The molecule has 0 saturated carbocycles. The Morgan fingerprint density at radius 2 is 1.94 bits per heavy atom. The van der Waals surface area contributed by atoms with E-state index in [4.69, 9.17) is 4.74 Å². The van der Waals surface area contributed by atoms with Gasteiger partial charge >= 0.3 is 0 Å². The van der Waals surface area contributed by atoms with Gasteiger partial charge in [-0.1, -0.05) is 12.2 Å². The van der Waals surface area contributed by atoms with Crippen LogP contribution in [0.3, 0.4) is 0 Å². The van der Waals surface area contributed by atoms with E-state index in [2.05, 4.69) is 12.2 Å². The van der Waals surface area contributed by atoms with E-state index in [-0.39, 0.29) is 6.10 Å². The van der Waals surface area contributed by atoms with E-state index in [1.807, 2.05) is 20.8 Å².